The highest BCUT2D eigenvalue weighted by Gasteiger charge is 2.30. The molecular weight excluding hydrogens is 287 g/mol. The van der Waals surface area contributed by atoms with Crippen LogP contribution in [0, 0.1) is 18.2 Å². The van der Waals surface area contributed by atoms with E-state index in [-0.39, 0.29) is 11.2 Å². The van der Waals surface area contributed by atoms with E-state index in [9.17, 15) is 4.39 Å². The Morgan fingerprint density at radius 2 is 1.78 bits per heavy atom. The van der Waals surface area contributed by atoms with Crippen LogP contribution in [0.1, 0.15) is 37.8 Å². The molecule has 0 unspecified atom stereocenters. The minimum Gasteiger partial charge on any atom is -0.497 e. The molecule has 0 atom stereocenters. The van der Waals surface area contributed by atoms with Crippen molar-refractivity contribution in [1.29, 1.82) is 0 Å². The molecule has 0 amide bonds. The lowest BCUT2D eigenvalue weighted by Gasteiger charge is -2.25. The molecule has 0 aliphatic heterocycles. The van der Waals surface area contributed by atoms with Crippen LogP contribution in [0.25, 0.3) is 16.7 Å². The van der Waals surface area contributed by atoms with Crippen LogP contribution >= 0.6 is 0 Å². The fourth-order valence-electron chi connectivity index (χ4n) is 3.42. The molecule has 1 nitrogen and oxygen atoms in total. The first-order chi connectivity index (χ1) is 10.9. The van der Waals surface area contributed by atoms with Crippen LogP contribution in [-0.2, 0) is 0 Å². The van der Waals surface area contributed by atoms with Crippen molar-refractivity contribution in [3.8, 4) is 16.9 Å². The highest BCUT2D eigenvalue weighted by atomic mass is 19.1. The summed E-state index contributed by atoms with van der Waals surface area (Å²) in [6, 6.07) is 11.2. The molecule has 2 aromatic carbocycles. The van der Waals surface area contributed by atoms with E-state index in [2.05, 4.69) is 32.9 Å². The second kappa shape index (κ2) is 5.84. The van der Waals surface area contributed by atoms with Crippen molar-refractivity contribution in [2.45, 2.75) is 33.6 Å². The summed E-state index contributed by atoms with van der Waals surface area (Å²) < 4.78 is 19.8. The molecule has 0 saturated carbocycles. The molecule has 23 heavy (non-hydrogen) atoms. The van der Waals surface area contributed by atoms with Gasteiger partial charge in [-0.3, -0.25) is 0 Å². The Morgan fingerprint density at radius 3 is 2.43 bits per heavy atom. The molecule has 0 heterocycles. The third-order valence-electron chi connectivity index (χ3n) is 4.78. The Hall–Kier alpha value is -2.09. The van der Waals surface area contributed by atoms with E-state index in [4.69, 9.17) is 4.74 Å². The smallest absolute Gasteiger partial charge is 0.131 e. The van der Waals surface area contributed by atoms with Crippen LogP contribution in [0.15, 0.2) is 42.5 Å². The zero-order valence-corrected chi connectivity index (χ0v) is 14.2. The van der Waals surface area contributed by atoms with Gasteiger partial charge in [0.25, 0.3) is 0 Å². The van der Waals surface area contributed by atoms with Crippen LogP contribution in [0.4, 0.5) is 4.39 Å². The highest BCUT2D eigenvalue weighted by Crippen LogP contribution is 2.47. The monoisotopic (exact) mass is 310 g/mol. The summed E-state index contributed by atoms with van der Waals surface area (Å²) in [5.41, 5.74) is 5.31. The minimum absolute atomic E-state index is 0.123. The second-order valence-electron chi connectivity index (χ2n) is 6.94. The van der Waals surface area contributed by atoms with Gasteiger partial charge >= 0.3 is 0 Å². The Morgan fingerprint density at radius 1 is 1.00 bits per heavy atom. The maximum atomic E-state index is 14.5. The van der Waals surface area contributed by atoms with Crippen LogP contribution in [0.2, 0.25) is 0 Å². The summed E-state index contributed by atoms with van der Waals surface area (Å²) in [5, 5.41) is 0. The average molecular weight is 310 g/mol. The van der Waals surface area contributed by atoms with Crippen LogP contribution in [0.5, 0.6) is 5.75 Å². The van der Waals surface area contributed by atoms with E-state index in [0.29, 0.717) is 11.3 Å². The lowest BCUT2D eigenvalue weighted by Crippen LogP contribution is -2.10. The van der Waals surface area contributed by atoms with Crippen molar-refractivity contribution >= 4 is 5.57 Å². The standard InChI is InChI=1S/C21H23FO/c1-14-7-9-16(18-13-15(23-4)8-10-20(18)22)17(12-14)19-6-5-11-21(19,2)3/h6-10,12-13H,5,11H2,1-4H3. The largest absolute Gasteiger partial charge is 0.497 e. The molecule has 1 aliphatic carbocycles. The Kier molecular flexibility index (Phi) is 4.01. The maximum Gasteiger partial charge on any atom is 0.131 e. The Balaban J connectivity index is 2.22. The Labute approximate surface area is 137 Å². The number of hydrogen-bond donors (Lipinski definition) is 0. The van der Waals surface area contributed by atoms with Gasteiger partial charge in [0.15, 0.2) is 0 Å². The number of hydrogen-bond acceptors (Lipinski definition) is 1. The van der Waals surface area contributed by atoms with Crippen molar-refractivity contribution in [2.75, 3.05) is 7.11 Å². The van der Waals surface area contributed by atoms with Crippen molar-refractivity contribution in [1.82, 2.24) is 0 Å². The average Bonchev–Trinajstić information content (AvgIpc) is 2.87. The molecule has 0 saturated heterocycles. The number of aryl methyl sites for hydroxylation is 1. The van der Waals surface area contributed by atoms with Gasteiger partial charge in [-0.2, -0.15) is 0 Å². The first-order valence-corrected chi connectivity index (χ1v) is 8.08. The summed E-state index contributed by atoms with van der Waals surface area (Å²) >= 11 is 0. The van der Waals surface area contributed by atoms with Gasteiger partial charge in [0.1, 0.15) is 11.6 Å². The lowest BCUT2D eigenvalue weighted by atomic mass is 9.79. The number of methoxy groups -OCH3 is 1. The van der Waals surface area contributed by atoms with Crippen molar-refractivity contribution in [2.24, 2.45) is 5.41 Å². The second-order valence-corrected chi connectivity index (χ2v) is 6.94. The number of rotatable bonds is 3. The molecule has 0 spiro atoms. The zero-order valence-electron chi connectivity index (χ0n) is 14.2. The van der Waals surface area contributed by atoms with Gasteiger partial charge in [0, 0.05) is 5.56 Å². The van der Waals surface area contributed by atoms with Crippen molar-refractivity contribution in [3.63, 3.8) is 0 Å². The normalized spacial score (nSPS) is 16.3. The molecular formula is C21H23FO. The fourth-order valence-corrected chi connectivity index (χ4v) is 3.42. The van der Waals surface area contributed by atoms with Crippen LogP contribution < -0.4 is 4.74 Å². The van der Waals surface area contributed by atoms with Gasteiger partial charge in [0.2, 0.25) is 0 Å². The van der Waals surface area contributed by atoms with Crippen LogP contribution in [0.3, 0.4) is 0 Å². The van der Waals surface area contributed by atoms with Crippen LogP contribution in [-0.4, -0.2) is 7.11 Å². The molecule has 120 valence electrons. The van der Waals surface area contributed by atoms with Gasteiger partial charge in [-0.15, -0.1) is 0 Å². The summed E-state index contributed by atoms with van der Waals surface area (Å²) in [4.78, 5) is 0. The summed E-state index contributed by atoms with van der Waals surface area (Å²) in [5.74, 6) is 0.458. The summed E-state index contributed by atoms with van der Waals surface area (Å²) in [6.45, 7) is 6.61. The predicted molar refractivity (Wildman–Crippen MR) is 94.1 cm³/mol. The van der Waals surface area contributed by atoms with Crippen molar-refractivity contribution in [3.05, 3.63) is 59.4 Å². The van der Waals surface area contributed by atoms with E-state index < -0.39 is 0 Å². The summed E-state index contributed by atoms with van der Waals surface area (Å²) in [6.07, 6.45) is 4.52. The van der Waals surface area contributed by atoms with E-state index in [1.165, 1.54) is 17.2 Å². The first-order valence-electron chi connectivity index (χ1n) is 8.08. The van der Waals surface area contributed by atoms with Gasteiger partial charge in [-0.05, 0) is 60.1 Å². The van der Waals surface area contributed by atoms with Gasteiger partial charge in [0.05, 0.1) is 7.11 Å². The third kappa shape index (κ3) is 2.90. The van der Waals surface area contributed by atoms with Gasteiger partial charge < -0.3 is 4.74 Å². The Bertz CT molecular complexity index is 771. The third-order valence-corrected chi connectivity index (χ3v) is 4.78. The van der Waals surface area contributed by atoms with E-state index >= 15 is 0 Å². The quantitative estimate of drug-likeness (QED) is 0.674. The van der Waals surface area contributed by atoms with E-state index in [0.717, 1.165) is 24.0 Å². The highest BCUT2D eigenvalue weighted by molar-refractivity contribution is 5.85. The molecule has 0 fully saturated rings. The van der Waals surface area contributed by atoms with E-state index in [1.54, 1.807) is 19.2 Å². The minimum atomic E-state index is -0.215. The van der Waals surface area contributed by atoms with Gasteiger partial charge in [-0.25, -0.2) is 4.39 Å². The fraction of sp³-hybridized carbons (Fsp3) is 0.333. The molecule has 2 heteroatoms. The molecule has 0 aromatic heterocycles. The lowest BCUT2D eigenvalue weighted by molar-refractivity contribution is 0.414. The molecule has 0 bridgehead atoms. The molecule has 2 aromatic rings. The zero-order chi connectivity index (χ0) is 16.6. The molecule has 0 radical (unpaired) electrons. The van der Waals surface area contributed by atoms with Crippen molar-refractivity contribution < 1.29 is 9.13 Å². The number of halogens is 1. The topological polar surface area (TPSA) is 9.23 Å². The van der Waals surface area contributed by atoms with E-state index in [1.807, 2.05) is 12.1 Å². The molecule has 1 aliphatic rings. The van der Waals surface area contributed by atoms with Gasteiger partial charge in [-0.1, -0.05) is 43.7 Å². The maximum absolute atomic E-state index is 14.5. The number of ether oxygens (including phenoxy) is 1. The SMILES string of the molecule is COc1ccc(F)c(-c2ccc(C)cc2C2=CCCC2(C)C)c1. The summed E-state index contributed by atoms with van der Waals surface area (Å²) in [7, 11) is 1.61. The number of benzene rings is 2. The molecule has 3 rings (SSSR count). The molecule has 0 N–H and O–H groups in total. The number of allylic oxidation sites excluding steroid dienone is 2. The first kappa shape index (κ1) is 15.8. The predicted octanol–water partition coefficient (Wildman–Crippen LogP) is 6.01.